The van der Waals surface area contributed by atoms with Crippen LogP contribution in [0.1, 0.15) is 25.6 Å². The van der Waals surface area contributed by atoms with Gasteiger partial charge in [0, 0.05) is 13.2 Å². The number of nitrogens with one attached hydrogen (secondary N) is 1. The molecule has 1 aromatic heterocycles. The van der Waals surface area contributed by atoms with E-state index < -0.39 is 0 Å². The van der Waals surface area contributed by atoms with E-state index in [1.807, 2.05) is 31.2 Å². The number of rotatable bonds is 5. The van der Waals surface area contributed by atoms with Gasteiger partial charge < -0.3 is 14.6 Å². The summed E-state index contributed by atoms with van der Waals surface area (Å²) < 4.78 is 7.51. The second-order valence-electron chi connectivity index (χ2n) is 5.78. The Hall–Kier alpha value is -2.14. The molecule has 1 unspecified atom stereocenters. The molecule has 22 heavy (non-hydrogen) atoms. The highest BCUT2D eigenvalue weighted by atomic mass is 16.5. The summed E-state index contributed by atoms with van der Waals surface area (Å²) in [5.41, 5.74) is 3.05. The molecule has 1 aliphatic rings. The Kier molecular flexibility index (Phi) is 4.24. The number of hydrogen-bond donors (Lipinski definition) is 1. The van der Waals surface area contributed by atoms with Crippen LogP contribution in [0.4, 0.5) is 0 Å². The molecule has 116 valence electrons. The molecule has 5 nitrogen and oxygen atoms in total. The number of ether oxygens (including phenoxy) is 1. The summed E-state index contributed by atoms with van der Waals surface area (Å²) in [6.45, 7) is 7.75. The van der Waals surface area contributed by atoms with Gasteiger partial charge in [0.25, 0.3) is 0 Å². The summed E-state index contributed by atoms with van der Waals surface area (Å²) in [6.07, 6.45) is 1.44. The van der Waals surface area contributed by atoms with Crippen LogP contribution in [0.5, 0.6) is 0 Å². The maximum absolute atomic E-state index is 12.1. The Morgan fingerprint density at radius 3 is 3.05 bits per heavy atom. The lowest BCUT2D eigenvalue weighted by molar-refractivity contribution is -0.130. The predicted octanol–water partition coefficient (Wildman–Crippen LogP) is 2.41. The van der Waals surface area contributed by atoms with Crippen LogP contribution >= 0.6 is 0 Å². The van der Waals surface area contributed by atoms with Gasteiger partial charge in [-0.15, -0.1) is 0 Å². The van der Waals surface area contributed by atoms with E-state index in [2.05, 4.69) is 21.4 Å². The van der Waals surface area contributed by atoms with Gasteiger partial charge in [0.15, 0.2) is 0 Å². The molecule has 0 radical (unpaired) electrons. The third-order valence-corrected chi connectivity index (χ3v) is 3.80. The minimum Gasteiger partial charge on any atom is -0.368 e. The molecule has 1 saturated heterocycles. The van der Waals surface area contributed by atoms with E-state index in [9.17, 15) is 4.79 Å². The third kappa shape index (κ3) is 3.04. The summed E-state index contributed by atoms with van der Waals surface area (Å²) in [5.74, 6) is 0.793. The topological polar surface area (TPSA) is 56.2 Å². The fourth-order valence-electron chi connectivity index (χ4n) is 2.77. The summed E-state index contributed by atoms with van der Waals surface area (Å²) in [5, 5.41) is 2.94. The molecule has 5 heteroatoms. The fourth-order valence-corrected chi connectivity index (χ4v) is 2.77. The van der Waals surface area contributed by atoms with Crippen LogP contribution in [0.2, 0.25) is 0 Å². The summed E-state index contributed by atoms with van der Waals surface area (Å²) in [6, 6.07) is 7.98. The molecule has 3 rings (SSSR count). The molecule has 1 aromatic carbocycles. The first-order valence-corrected chi connectivity index (χ1v) is 7.63. The standard InChI is InChI=1S/C17H21N3O2/c1-12(2)11-20-14-7-4-3-6-13(14)19-16(20)10-18-17(21)15-8-5-9-22-15/h3-4,6-7,15H,1,5,8-11H2,2H3,(H,18,21). The Morgan fingerprint density at radius 2 is 2.32 bits per heavy atom. The minimum atomic E-state index is -0.307. The van der Waals surface area contributed by atoms with E-state index in [4.69, 9.17) is 4.74 Å². The Morgan fingerprint density at radius 1 is 1.50 bits per heavy atom. The predicted molar refractivity (Wildman–Crippen MR) is 85.4 cm³/mol. The summed E-state index contributed by atoms with van der Waals surface area (Å²) >= 11 is 0. The lowest BCUT2D eigenvalue weighted by Crippen LogP contribution is -2.34. The lowest BCUT2D eigenvalue weighted by Gasteiger charge is -2.12. The number of hydrogen-bond acceptors (Lipinski definition) is 3. The highest BCUT2D eigenvalue weighted by Gasteiger charge is 2.23. The van der Waals surface area contributed by atoms with Crippen LogP contribution in [0, 0.1) is 0 Å². The minimum absolute atomic E-state index is 0.0496. The lowest BCUT2D eigenvalue weighted by atomic mass is 10.2. The van der Waals surface area contributed by atoms with Gasteiger partial charge in [0.1, 0.15) is 11.9 Å². The zero-order valence-corrected chi connectivity index (χ0v) is 12.8. The van der Waals surface area contributed by atoms with E-state index >= 15 is 0 Å². The molecule has 1 N–H and O–H groups in total. The van der Waals surface area contributed by atoms with Crippen LogP contribution in [0.15, 0.2) is 36.4 Å². The normalized spacial score (nSPS) is 17.8. The molecule has 1 fully saturated rings. The van der Waals surface area contributed by atoms with E-state index in [1.165, 1.54) is 0 Å². The molecule has 0 spiro atoms. The zero-order valence-electron chi connectivity index (χ0n) is 12.8. The van der Waals surface area contributed by atoms with Crippen LogP contribution in [0.25, 0.3) is 11.0 Å². The number of carbonyl (C=O) groups is 1. The van der Waals surface area contributed by atoms with Crippen molar-refractivity contribution < 1.29 is 9.53 Å². The van der Waals surface area contributed by atoms with Crippen molar-refractivity contribution >= 4 is 16.9 Å². The van der Waals surface area contributed by atoms with Gasteiger partial charge >= 0.3 is 0 Å². The van der Waals surface area contributed by atoms with Crippen LogP contribution in [-0.2, 0) is 22.6 Å². The third-order valence-electron chi connectivity index (χ3n) is 3.80. The van der Waals surface area contributed by atoms with Crippen molar-refractivity contribution in [3.05, 3.63) is 42.2 Å². The number of para-hydroxylation sites is 2. The van der Waals surface area contributed by atoms with Crippen LogP contribution in [0.3, 0.4) is 0 Å². The molecule has 1 amide bonds. The molecule has 1 aliphatic heterocycles. The van der Waals surface area contributed by atoms with Crippen molar-refractivity contribution in [1.29, 1.82) is 0 Å². The monoisotopic (exact) mass is 299 g/mol. The second kappa shape index (κ2) is 6.32. The first-order valence-electron chi connectivity index (χ1n) is 7.63. The van der Waals surface area contributed by atoms with Gasteiger partial charge in [-0.05, 0) is 31.9 Å². The number of carbonyl (C=O) groups excluding carboxylic acids is 1. The Bertz CT molecular complexity index is 699. The van der Waals surface area contributed by atoms with Crippen molar-refractivity contribution in [1.82, 2.24) is 14.9 Å². The number of allylic oxidation sites excluding steroid dienone is 1. The van der Waals surface area contributed by atoms with E-state index in [-0.39, 0.29) is 12.0 Å². The fraction of sp³-hybridized carbons (Fsp3) is 0.412. The largest absolute Gasteiger partial charge is 0.368 e. The molecule has 0 aliphatic carbocycles. The number of amides is 1. The van der Waals surface area contributed by atoms with Crippen LogP contribution in [-0.4, -0.2) is 28.2 Å². The maximum Gasteiger partial charge on any atom is 0.249 e. The quantitative estimate of drug-likeness (QED) is 0.863. The average molecular weight is 299 g/mol. The molecule has 2 heterocycles. The molecule has 1 atom stereocenters. The number of nitrogens with zero attached hydrogens (tertiary/aromatic N) is 2. The van der Waals surface area contributed by atoms with Gasteiger partial charge in [-0.2, -0.15) is 0 Å². The van der Waals surface area contributed by atoms with Crippen molar-refractivity contribution in [3.63, 3.8) is 0 Å². The van der Waals surface area contributed by atoms with Gasteiger partial charge in [-0.3, -0.25) is 4.79 Å². The Balaban J connectivity index is 1.79. The van der Waals surface area contributed by atoms with Crippen molar-refractivity contribution in [2.45, 2.75) is 39.0 Å². The molecule has 0 bridgehead atoms. The van der Waals surface area contributed by atoms with E-state index in [0.717, 1.165) is 35.3 Å². The first kappa shape index (κ1) is 14.8. The van der Waals surface area contributed by atoms with Crippen LogP contribution < -0.4 is 5.32 Å². The van der Waals surface area contributed by atoms with Gasteiger partial charge in [-0.1, -0.05) is 24.3 Å². The molecule has 0 saturated carbocycles. The van der Waals surface area contributed by atoms with Crippen molar-refractivity contribution in [2.24, 2.45) is 0 Å². The average Bonchev–Trinajstić information content (AvgIpc) is 3.13. The number of aromatic nitrogens is 2. The summed E-state index contributed by atoms with van der Waals surface area (Å²) in [7, 11) is 0. The molecular formula is C17H21N3O2. The second-order valence-corrected chi connectivity index (χ2v) is 5.78. The summed E-state index contributed by atoms with van der Waals surface area (Å²) in [4.78, 5) is 16.7. The number of fused-ring (bicyclic) bond motifs is 1. The molecule has 2 aromatic rings. The van der Waals surface area contributed by atoms with Gasteiger partial charge in [-0.25, -0.2) is 4.98 Å². The van der Waals surface area contributed by atoms with E-state index in [1.54, 1.807) is 0 Å². The maximum atomic E-state index is 12.1. The highest BCUT2D eigenvalue weighted by molar-refractivity contribution is 5.81. The zero-order chi connectivity index (χ0) is 15.5. The van der Waals surface area contributed by atoms with Crippen molar-refractivity contribution in [2.75, 3.05) is 6.61 Å². The number of imidazole rings is 1. The van der Waals surface area contributed by atoms with E-state index in [0.29, 0.717) is 19.7 Å². The smallest absolute Gasteiger partial charge is 0.249 e. The first-order chi connectivity index (χ1) is 10.6. The SMILES string of the molecule is C=C(C)Cn1c(CNC(=O)C2CCCO2)nc2ccccc21. The Labute approximate surface area is 130 Å². The highest BCUT2D eigenvalue weighted by Crippen LogP contribution is 2.18. The molecular weight excluding hydrogens is 278 g/mol. The van der Waals surface area contributed by atoms with Gasteiger partial charge in [0.2, 0.25) is 5.91 Å². The van der Waals surface area contributed by atoms with Crippen molar-refractivity contribution in [3.8, 4) is 0 Å². The number of benzene rings is 1. The van der Waals surface area contributed by atoms with Gasteiger partial charge in [0.05, 0.1) is 17.6 Å².